The lowest BCUT2D eigenvalue weighted by atomic mass is 9.33. The summed E-state index contributed by atoms with van der Waals surface area (Å²) in [5, 5.41) is 5.67. The van der Waals surface area contributed by atoms with Crippen molar-refractivity contribution >= 4 is 103 Å². The molecule has 3 aliphatic rings. The lowest BCUT2D eigenvalue weighted by Gasteiger charge is -2.46. The molecule has 0 aliphatic carbocycles. The van der Waals surface area contributed by atoms with Crippen LogP contribution < -0.4 is 51.8 Å². The molecular weight excluding hydrogens is 1020 g/mol. The number of anilines is 9. The van der Waals surface area contributed by atoms with Crippen LogP contribution in [0.5, 0.6) is 0 Å². The number of benzene rings is 10. The SMILES string of the molecule is Cc1ccc(N(c2ccc(C(C)(C)C)cc2)c2cc3c4c(c2)N(c2ccc(C(C)(C)C)cc2)c2cc5c(cc2B4c2cc(C(C)(C)C)ccc2N3c2ccc(C(C)(C)C)cc2)-c2ccccc2[Si]5(c2ccccc2)c2ccccc2)c(C)c1. The van der Waals surface area contributed by atoms with Crippen LogP contribution in [-0.2, 0) is 21.7 Å². The normalized spacial score (nSPS) is 14.2. The Morgan fingerprint density at radius 1 is 0.361 bits per heavy atom. The van der Waals surface area contributed by atoms with E-state index >= 15 is 0 Å². The third-order valence-electron chi connectivity index (χ3n) is 18.3. The van der Waals surface area contributed by atoms with Gasteiger partial charge in [0.05, 0.1) is 5.69 Å². The van der Waals surface area contributed by atoms with E-state index in [2.05, 4.69) is 330 Å². The monoisotopic (exact) mass is 1100 g/mol. The molecule has 0 unspecified atom stereocenters. The quantitative estimate of drug-likeness (QED) is 0.147. The smallest absolute Gasteiger partial charge is 0.252 e. The van der Waals surface area contributed by atoms with Crippen LogP contribution in [0.3, 0.4) is 0 Å². The molecule has 0 fully saturated rings. The molecular formula is C78H78BN3Si. The van der Waals surface area contributed by atoms with Gasteiger partial charge in [0, 0.05) is 45.5 Å². The molecule has 3 heterocycles. The van der Waals surface area contributed by atoms with Crippen molar-refractivity contribution in [2.24, 2.45) is 0 Å². The van der Waals surface area contributed by atoms with Crippen molar-refractivity contribution < 1.29 is 0 Å². The maximum atomic E-state index is 2.68. The lowest BCUT2D eigenvalue weighted by molar-refractivity contribution is 0.590. The number of rotatable bonds is 7. The van der Waals surface area contributed by atoms with Crippen molar-refractivity contribution in [2.75, 3.05) is 14.7 Å². The zero-order valence-corrected chi connectivity index (χ0v) is 52.2. The van der Waals surface area contributed by atoms with E-state index in [4.69, 9.17) is 0 Å². The largest absolute Gasteiger partial charge is 0.311 e. The number of hydrogen-bond acceptors (Lipinski definition) is 3. The van der Waals surface area contributed by atoms with Crippen LogP contribution in [0.1, 0.15) is 116 Å². The van der Waals surface area contributed by atoms with Gasteiger partial charge >= 0.3 is 0 Å². The highest BCUT2D eigenvalue weighted by Gasteiger charge is 2.52. The van der Waals surface area contributed by atoms with Crippen molar-refractivity contribution in [3.63, 3.8) is 0 Å². The van der Waals surface area contributed by atoms with Crippen molar-refractivity contribution in [1.29, 1.82) is 0 Å². The average Bonchev–Trinajstić information content (AvgIpc) is 1.89. The van der Waals surface area contributed by atoms with E-state index in [9.17, 15) is 0 Å². The van der Waals surface area contributed by atoms with E-state index < -0.39 is 8.07 Å². The lowest BCUT2D eigenvalue weighted by Crippen LogP contribution is -2.73. The highest BCUT2D eigenvalue weighted by Crippen LogP contribution is 2.50. The highest BCUT2D eigenvalue weighted by molar-refractivity contribution is 7.22. The molecule has 0 spiro atoms. The molecule has 0 aromatic heterocycles. The molecule has 0 saturated carbocycles. The van der Waals surface area contributed by atoms with Crippen LogP contribution in [0, 0.1) is 13.8 Å². The maximum absolute atomic E-state index is 2.94. The van der Waals surface area contributed by atoms with Crippen LogP contribution in [-0.4, -0.2) is 14.8 Å². The average molecular weight is 1100 g/mol. The molecule has 412 valence electrons. The molecule has 0 saturated heterocycles. The Morgan fingerprint density at radius 2 is 0.831 bits per heavy atom. The molecule has 3 nitrogen and oxygen atoms in total. The van der Waals surface area contributed by atoms with Crippen LogP contribution in [0.4, 0.5) is 51.2 Å². The van der Waals surface area contributed by atoms with Crippen molar-refractivity contribution in [3.05, 3.63) is 252 Å². The van der Waals surface area contributed by atoms with Crippen LogP contribution in [0.2, 0.25) is 0 Å². The van der Waals surface area contributed by atoms with Gasteiger partial charge in [-0.2, -0.15) is 0 Å². The van der Waals surface area contributed by atoms with Crippen LogP contribution in [0.25, 0.3) is 11.1 Å². The van der Waals surface area contributed by atoms with Gasteiger partial charge in [0.15, 0.2) is 8.07 Å². The summed E-state index contributed by atoms with van der Waals surface area (Å²) in [5.41, 5.74) is 24.7. The first-order valence-electron chi connectivity index (χ1n) is 30.0. The Bertz CT molecular complexity index is 4100. The summed E-state index contributed by atoms with van der Waals surface area (Å²) < 4.78 is 0. The molecule has 0 radical (unpaired) electrons. The van der Waals surface area contributed by atoms with Gasteiger partial charge < -0.3 is 14.7 Å². The van der Waals surface area contributed by atoms with E-state index in [0.717, 1.165) is 28.4 Å². The molecule has 5 heteroatoms. The molecule has 10 aromatic carbocycles. The summed E-state index contributed by atoms with van der Waals surface area (Å²) in [4.78, 5) is 7.80. The minimum atomic E-state index is -2.94. The first-order chi connectivity index (χ1) is 39.5. The number of fused-ring (bicyclic) bond motifs is 7. The van der Waals surface area contributed by atoms with Gasteiger partial charge in [-0.3, -0.25) is 0 Å². The van der Waals surface area contributed by atoms with E-state index in [1.807, 2.05) is 0 Å². The summed E-state index contributed by atoms with van der Waals surface area (Å²) in [6.45, 7) is 32.3. The van der Waals surface area contributed by atoms with Crippen molar-refractivity contribution in [1.82, 2.24) is 0 Å². The fourth-order valence-corrected chi connectivity index (χ4v) is 19.1. The van der Waals surface area contributed by atoms with Crippen molar-refractivity contribution in [3.8, 4) is 11.1 Å². The number of aryl methyl sites for hydroxylation is 2. The predicted molar refractivity (Wildman–Crippen MR) is 362 cm³/mol. The van der Waals surface area contributed by atoms with E-state index in [1.165, 1.54) is 104 Å². The molecule has 0 atom stereocenters. The number of nitrogens with zero attached hydrogens (tertiary/aromatic N) is 3. The summed E-state index contributed by atoms with van der Waals surface area (Å²) in [5.74, 6) is 0. The molecule has 10 aromatic rings. The second-order valence-corrected chi connectivity index (χ2v) is 31.8. The Balaban J connectivity index is 1.20. The summed E-state index contributed by atoms with van der Waals surface area (Å²) >= 11 is 0. The van der Waals surface area contributed by atoms with Gasteiger partial charge in [-0.05, 0) is 178 Å². The van der Waals surface area contributed by atoms with Crippen molar-refractivity contribution in [2.45, 2.75) is 119 Å². The Kier molecular flexibility index (Phi) is 12.7. The van der Waals surface area contributed by atoms with Gasteiger partial charge in [0.1, 0.15) is 0 Å². The molecule has 0 amide bonds. The molecule has 0 N–H and O–H groups in total. The zero-order chi connectivity index (χ0) is 58.1. The second kappa shape index (κ2) is 19.5. The summed E-state index contributed by atoms with van der Waals surface area (Å²) in [6.07, 6.45) is 0. The topological polar surface area (TPSA) is 9.72 Å². The highest BCUT2D eigenvalue weighted by atomic mass is 28.3. The fourth-order valence-electron chi connectivity index (χ4n) is 13.9. The third kappa shape index (κ3) is 8.92. The minimum Gasteiger partial charge on any atom is -0.311 e. The predicted octanol–water partition coefficient (Wildman–Crippen LogP) is 16.4. The molecule has 0 bridgehead atoms. The minimum absolute atomic E-state index is 0.00311. The standard InChI is InChI=1S/C78H78BN3Si/c1-51-29-43-67(52(2)45-51)80(57-37-30-53(31-38-57)75(3,4)5)60-47-70-74-71(48-60)82(59-41-34-55(35-42-59)77(9,10)11)69-50-73-64(63-27-21-22-28-72(63)83(73,61-23-17-15-18-24-61)62-25-19-16-20-26-62)49-66(69)79(74)65-46-56(78(12,13)14)36-44-68(65)81(70)58-39-32-54(33-40-58)76(6,7)8/h15-50H,1-14H3. The molecule has 83 heavy (non-hydrogen) atoms. The maximum Gasteiger partial charge on any atom is 0.252 e. The van der Waals surface area contributed by atoms with Gasteiger partial charge in [-0.25, -0.2) is 0 Å². The first-order valence-corrected chi connectivity index (χ1v) is 32.0. The first kappa shape index (κ1) is 54.1. The summed E-state index contributed by atoms with van der Waals surface area (Å²) in [7, 11) is -2.94. The number of hydrogen-bond donors (Lipinski definition) is 0. The molecule has 3 aliphatic heterocycles. The van der Waals surface area contributed by atoms with E-state index in [-0.39, 0.29) is 28.4 Å². The van der Waals surface area contributed by atoms with Gasteiger partial charge in [-0.15, -0.1) is 0 Å². The Labute approximate surface area is 496 Å². The van der Waals surface area contributed by atoms with Gasteiger partial charge in [0.2, 0.25) is 0 Å². The summed E-state index contributed by atoms with van der Waals surface area (Å²) in [6, 6.07) is 85.5. The Morgan fingerprint density at radius 3 is 1.35 bits per heavy atom. The third-order valence-corrected chi connectivity index (χ3v) is 23.2. The second-order valence-electron chi connectivity index (χ2n) is 28.0. The van der Waals surface area contributed by atoms with Crippen LogP contribution >= 0.6 is 0 Å². The van der Waals surface area contributed by atoms with E-state index in [0.29, 0.717) is 0 Å². The fraction of sp³-hybridized carbons (Fsp3) is 0.231. The van der Waals surface area contributed by atoms with Crippen LogP contribution in [0.15, 0.2) is 218 Å². The Hall–Kier alpha value is -8.12. The van der Waals surface area contributed by atoms with E-state index in [1.54, 1.807) is 0 Å². The molecule has 13 rings (SSSR count). The van der Waals surface area contributed by atoms with Gasteiger partial charge in [-0.1, -0.05) is 240 Å². The zero-order valence-electron chi connectivity index (χ0n) is 51.2. The van der Waals surface area contributed by atoms with Gasteiger partial charge in [0.25, 0.3) is 6.71 Å².